The van der Waals surface area contributed by atoms with E-state index >= 15 is 0 Å². The maximum Gasteiger partial charge on any atom is 0.501 e. The first kappa shape index (κ1) is 22.3. The zero-order valence-corrected chi connectivity index (χ0v) is 18.6. The molecule has 0 N–H and O–H groups in total. The lowest BCUT2D eigenvalue weighted by molar-refractivity contribution is 0.0496. The molecule has 4 unspecified atom stereocenters. The van der Waals surface area contributed by atoms with Gasteiger partial charge in [0.15, 0.2) is 0 Å². The van der Waals surface area contributed by atoms with E-state index in [0.717, 1.165) is 70.3 Å². The lowest BCUT2D eigenvalue weighted by atomic mass is 9.82. The van der Waals surface area contributed by atoms with Gasteiger partial charge in [-0.1, -0.05) is 47.0 Å². The fourth-order valence-electron chi connectivity index (χ4n) is 3.93. The second-order valence-corrected chi connectivity index (χ2v) is 10.9. The molecule has 0 bridgehead atoms. The highest BCUT2D eigenvalue weighted by molar-refractivity contribution is 6.60. The molecule has 4 atom stereocenters. The van der Waals surface area contributed by atoms with Crippen LogP contribution in [0, 0.1) is 11.8 Å². The highest BCUT2D eigenvalue weighted by Crippen LogP contribution is 2.44. The molecule has 1 heterocycles. The Morgan fingerprint density at radius 2 is 1.38 bits per heavy atom. The largest absolute Gasteiger partial charge is 0.501 e. The third-order valence-corrected chi connectivity index (χ3v) is 8.96. The molecule has 5 heteroatoms. The van der Waals surface area contributed by atoms with Gasteiger partial charge in [0.05, 0.1) is 12.2 Å². The molecule has 0 aromatic rings. The fourth-order valence-corrected chi connectivity index (χ4v) is 7.02. The summed E-state index contributed by atoms with van der Waals surface area (Å²) < 4.78 is 25.0. The van der Waals surface area contributed by atoms with E-state index in [1.807, 2.05) is 0 Å². The van der Waals surface area contributed by atoms with Crippen LogP contribution in [-0.4, -0.2) is 40.8 Å². The predicted octanol–water partition coefficient (Wildman–Crippen LogP) is 5.58. The van der Waals surface area contributed by atoms with Gasteiger partial charge in [-0.15, -0.1) is 0 Å². The number of epoxide rings is 1. The number of unbranched alkanes of at least 4 members (excludes halogenated alkanes) is 3. The van der Waals surface area contributed by atoms with Gasteiger partial charge in [0.25, 0.3) is 0 Å². The topological polar surface area (TPSA) is 40.2 Å². The lowest BCUT2D eigenvalue weighted by Crippen LogP contribution is -2.48. The number of rotatable bonds is 15. The number of ether oxygens (including phenoxy) is 1. The molecule has 1 aliphatic heterocycles. The van der Waals surface area contributed by atoms with E-state index in [0.29, 0.717) is 18.1 Å². The van der Waals surface area contributed by atoms with Crippen molar-refractivity contribution in [1.82, 2.24) is 0 Å². The molecule has 2 fully saturated rings. The van der Waals surface area contributed by atoms with Gasteiger partial charge in [0.1, 0.15) is 0 Å². The van der Waals surface area contributed by atoms with Crippen molar-refractivity contribution in [2.75, 3.05) is 19.8 Å². The minimum absolute atomic E-state index is 0.537. The van der Waals surface area contributed by atoms with E-state index in [-0.39, 0.29) is 0 Å². The third kappa shape index (κ3) is 7.23. The van der Waals surface area contributed by atoms with Crippen molar-refractivity contribution < 1.29 is 18.0 Å². The Labute approximate surface area is 162 Å². The molecule has 2 aliphatic rings. The molecule has 0 radical (unpaired) electrons. The SMILES string of the molecule is CCCCO[Si](CC(C)C1CCC2OC2C1)(OCCCC)OCCCC. The Hall–Kier alpha value is 0.0569. The number of hydrogen-bond acceptors (Lipinski definition) is 4. The van der Waals surface area contributed by atoms with Gasteiger partial charge in [-0.05, 0) is 50.4 Å². The van der Waals surface area contributed by atoms with E-state index in [1.165, 1.54) is 19.3 Å². The van der Waals surface area contributed by atoms with Crippen molar-refractivity contribution in [2.45, 2.75) is 104 Å². The van der Waals surface area contributed by atoms with Gasteiger partial charge in [-0.25, -0.2) is 0 Å². The van der Waals surface area contributed by atoms with Crippen LogP contribution in [0.3, 0.4) is 0 Å². The molecule has 0 amide bonds. The summed E-state index contributed by atoms with van der Waals surface area (Å²) in [7, 11) is -2.60. The molecule has 0 spiro atoms. The van der Waals surface area contributed by atoms with E-state index in [2.05, 4.69) is 27.7 Å². The summed E-state index contributed by atoms with van der Waals surface area (Å²) in [6, 6.07) is 0.964. The molecule has 2 rings (SSSR count). The smallest absolute Gasteiger partial charge is 0.373 e. The first-order chi connectivity index (χ1) is 12.6. The first-order valence-electron chi connectivity index (χ1n) is 11.2. The highest BCUT2D eigenvalue weighted by atomic mass is 28.4. The van der Waals surface area contributed by atoms with Crippen molar-refractivity contribution >= 4 is 8.80 Å². The van der Waals surface area contributed by atoms with Gasteiger partial charge >= 0.3 is 8.80 Å². The van der Waals surface area contributed by atoms with Crippen LogP contribution < -0.4 is 0 Å². The summed E-state index contributed by atoms with van der Waals surface area (Å²) in [5, 5.41) is 0. The third-order valence-electron chi connectivity index (χ3n) is 5.88. The van der Waals surface area contributed by atoms with Crippen LogP contribution in [0.5, 0.6) is 0 Å². The molecular formula is C21H42O4Si. The van der Waals surface area contributed by atoms with Gasteiger partial charge in [0.2, 0.25) is 0 Å². The lowest BCUT2D eigenvalue weighted by Gasteiger charge is -2.35. The highest BCUT2D eigenvalue weighted by Gasteiger charge is 2.48. The van der Waals surface area contributed by atoms with Crippen LogP contribution in [0.25, 0.3) is 0 Å². The fraction of sp³-hybridized carbons (Fsp3) is 1.00. The summed E-state index contributed by atoms with van der Waals surface area (Å²) in [5.74, 6) is 1.31. The van der Waals surface area contributed by atoms with Gasteiger partial charge in [0, 0.05) is 25.9 Å². The van der Waals surface area contributed by atoms with Crippen molar-refractivity contribution in [3.05, 3.63) is 0 Å². The Kier molecular flexibility index (Phi) is 10.1. The van der Waals surface area contributed by atoms with Crippen molar-refractivity contribution in [3.8, 4) is 0 Å². The van der Waals surface area contributed by atoms with E-state index in [4.69, 9.17) is 18.0 Å². The van der Waals surface area contributed by atoms with Crippen LogP contribution >= 0.6 is 0 Å². The quantitative estimate of drug-likeness (QED) is 0.209. The summed E-state index contributed by atoms with van der Waals surface area (Å²) in [5.41, 5.74) is 0. The first-order valence-corrected chi connectivity index (χ1v) is 13.1. The summed E-state index contributed by atoms with van der Waals surface area (Å²) in [6.07, 6.45) is 11.5. The molecule has 154 valence electrons. The van der Waals surface area contributed by atoms with Crippen LogP contribution in [0.4, 0.5) is 0 Å². The molecule has 0 aromatic carbocycles. The number of hydrogen-bond donors (Lipinski definition) is 0. The number of fused-ring (bicyclic) bond motifs is 1. The molecule has 1 saturated heterocycles. The molecule has 0 aromatic heterocycles. The summed E-state index contributed by atoms with van der Waals surface area (Å²) >= 11 is 0. The predicted molar refractivity (Wildman–Crippen MR) is 108 cm³/mol. The van der Waals surface area contributed by atoms with Crippen molar-refractivity contribution in [3.63, 3.8) is 0 Å². The minimum atomic E-state index is -2.60. The molecular weight excluding hydrogens is 344 g/mol. The van der Waals surface area contributed by atoms with E-state index < -0.39 is 8.80 Å². The standard InChI is InChI=1S/C21H42O4Si/c1-5-8-13-22-26(23-14-9-6-2,24-15-10-7-3)17-18(4)19-11-12-20-21(16-19)25-20/h18-21H,5-17H2,1-4H3. The monoisotopic (exact) mass is 386 g/mol. The van der Waals surface area contributed by atoms with E-state index in [1.54, 1.807) is 0 Å². The zero-order chi connectivity index (χ0) is 18.8. The second kappa shape index (κ2) is 11.8. The Morgan fingerprint density at radius 1 is 0.846 bits per heavy atom. The molecule has 1 saturated carbocycles. The minimum Gasteiger partial charge on any atom is -0.373 e. The Bertz CT molecular complexity index is 352. The van der Waals surface area contributed by atoms with Gasteiger partial charge in [-0.3, -0.25) is 0 Å². The molecule has 1 aliphatic carbocycles. The average Bonchev–Trinajstić information content (AvgIpc) is 3.41. The second-order valence-electron chi connectivity index (χ2n) is 8.26. The van der Waals surface area contributed by atoms with Gasteiger partial charge in [-0.2, -0.15) is 0 Å². The van der Waals surface area contributed by atoms with E-state index in [9.17, 15) is 0 Å². The summed E-state index contributed by atoms with van der Waals surface area (Å²) in [4.78, 5) is 0. The Balaban J connectivity index is 1.97. The summed E-state index contributed by atoms with van der Waals surface area (Å²) in [6.45, 7) is 11.3. The maximum absolute atomic E-state index is 6.43. The van der Waals surface area contributed by atoms with Gasteiger partial charge < -0.3 is 18.0 Å². The zero-order valence-electron chi connectivity index (χ0n) is 17.6. The van der Waals surface area contributed by atoms with Crippen LogP contribution in [-0.2, 0) is 18.0 Å². The average molecular weight is 387 g/mol. The maximum atomic E-state index is 6.43. The van der Waals surface area contributed by atoms with Crippen LogP contribution in [0.2, 0.25) is 6.04 Å². The normalized spacial score (nSPS) is 26.5. The molecule has 4 nitrogen and oxygen atoms in total. The van der Waals surface area contributed by atoms with Crippen LogP contribution in [0.1, 0.15) is 85.5 Å². The van der Waals surface area contributed by atoms with Crippen molar-refractivity contribution in [2.24, 2.45) is 11.8 Å². The van der Waals surface area contributed by atoms with Crippen molar-refractivity contribution in [1.29, 1.82) is 0 Å². The van der Waals surface area contributed by atoms with Crippen LogP contribution in [0.15, 0.2) is 0 Å². The Morgan fingerprint density at radius 3 is 1.85 bits per heavy atom. The molecule has 26 heavy (non-hydrogen) atoms.